The number of thiophene rings is 1. The van der Waals surface area contributed by atoms with Gasteiger partial charge in [-0.3, -0.25) is 4.79 Å². The smallest absolute Gasteiger partial charge is 0.348 e. The number of nitrogens with one attached hydrogen (secondary N) is 1. The average molecular weight is 297 g/mol. The second-order valence-electron chi connectivity index (χ2n) is 3.75. The van der Waals surface area contributed by atoms with Gasteiger partial charge in [-0.2, -0.15) is 0 Å². The number of carbonyl (C=O) groups excluding carboxylic acids is 1. The van der Waals surface area contributed by atoms with Crippen LogP contribution in [0.1, 0.15) is 25.6 Å². The van der Waals surface area contributed by atoms with E-state index in [1.807, 2.05) is 0 Å². The fraction of sp³-hybridized carbons (Fsp3) is 0.0833. The summed E-state index contributed by atoms with van der Waals surface area (Å²) in [4.78, 5) is 26.9. The number of hydrogen-bond acceptors (Lipinski definition) is 4. The lowest BCUT2D eigenvalue weighted by Gasteiger charge is -2.06. The molecule has 0 bridgehead atoms. The molecule has 0 unspecified atom stereocenters. The SMILES string of the molecule is Cc1csc(C(=O)O)c1NC(=O)c1ccnc(Cl)c1. The van der Waals surface area contributed by atoms with Gasteiger partial charge in [0.25, 0.3) is 5.91 Å². The fourth-order valence-electron chi connectivity index (χ4n) is 1.49. The van der Waals surface area contributed by atoms with Crippen molar-refractivity contribution in [3.05, 3.63) is 44.9 Å². The molecule has 0 aliphatic heterocycles. The minimum absolute atomic E-state index is 0.103. The molecule has 0 aromatic carbocycles. The van der Waals surface area contributed by atoms with Crippen LogP contribution < -0.4 is 5.32 Å². The first-order chi connectivity index (χ1) is 8.99. The Kier molecular flexibility index (Phi) is 3.82. The minimum Gasteiger partial charge on any atom is -0.477 e. The third-order valence-corrected chi connectivity index (χ3v) is 3.69. The number of aromatic nitrogens is 1. The van der Waals surface area contributed by atoms with Crippen LogP contribution >= 0.6 is 22.9 Å². The monoisotopic (exact) mass is 296 g/mol. The lowest BCUT2D eigenvalue weighted by atomic mass is 10.2. The van der Waals surface area contributed by atoms with Gasteiger partial charge in [0.15, 0.2) is 0 Å². The topological polar surface area (TPSA) is 79.3 Å². The molecule has 0 radical (unpaired) electrons. The van der Waals surface area contributed by atoms with Gasteiger partial charge >= 0.3 is 5.97 Å². The van der Waals surface area contributed by atoms with Crippen molar-refractivity contribution in [2.75, 3.05) is 5.32 Å². The highest BCUT2D eigenvalue weighted by Gasteiger charge is 2.18. The van der Waals surface area contributed by atoms with Crippen LogP contribution in [0, 0.1) is 6.92 Å². The number of carboxylic acid groups (broad SMARTS) is 1. The summed E-state index contributed by atoms with van der Waals surface area (Å²) in [5.41, 5.74) is 1.34. The Labute approximate surface area is 117 Å². The van der Waals surface area contributed by atoms with Crippen LogP contribution in [0.25, 0.3) is 0 Å². The van der Waals surface area contributed by atoms with Crippen molar-refractivity contribution in [2.24, 2.45) is 0 Å². The van der Waals surface area contributed by atoms with E-state index in [1.54, 1.807) is 12.3 Å². The Morgan fingerprint density at radius 2 is 2.21 bits per heavy atom. The second-order valence-corrected chi connectivity index (χ2v) is 5.02. The van der Waals surface area contributed by atoms with E-state index in [1.165, 1.54) is 18.3 Å². The zero-order valence-corrected chi connectivity index (χ0v) is 11.4. The first kappa shape index (κ1) is 13.5. The number of amides is 1. The molecule has 0 aliphatic rings. The summed E-state index contributed by atoms with van der Waals surface area (Å²) >= 11 is 6.77. The van der Waals surface area contributed by atoms with Crippen LogP contribution in [-0.2, 0) is 0 Å². The van der Waals surface area contributed by atoms with Crippen molar-refractivity contribution in [3.63, 3.8) is 0 Å². The van der Waals surface area contributed by atoms with Crippen molar-refractivity contribution in [3.8, 4) is 0 Å². The largest absolute Gasteiger partial charge is 0.477 e. The van der Waals surface area contributed by atoms with Gasteiger partial charge in [-0.15, -0.1) is 11.3 Å². The van der Waals surface area contributed by atoms with E-state index in [9.17, 15) is 9.59 Å². The normalized spacial score (nSPS) is 10.2. The summed E-state index contributed by atoms with van der Waals surface area (Å²) in [6, 6.07) is 2.92. The van der Waals surface area contributed by atoms with Crippen molar-refractivity contribution in [1.29, 1.82) is 0 Å². The summed E-state index contributed by atoms with van der Waals surface area (Å²) in [5, 5.41) is 13.5. The van der Waals surface area contributed by atoms with Gasteiger partial charge in [-0.05, 0) is 30.0 Å². The van der Waals surface area contributed by atoms with Crippen molar-refractivity contribution in [1.82, 2.24) is 4.98 Å². The Hall–Kier alpha value is -1.92. The van der Waals surface area contributed by atoms with E-state index in [0.29, 0.717) is 16.8 Å². The number of carbonyl (C=O) groups is 2. The minimum atomic E-state index is -1.07. The number of aryl methyl sites for hydroxylation is 1. The summed E-state index contributed by atoms with van der Waals surface area (Å²) < 4.78 is 0. The zero-order valence-electron chi connectivity index (χ0n) is 9.81. The maximum Gasteiger partial charge on any atom is 0.348 e. The Morgan fingerprint density at radius 1 is 1.47 bits per heavy atom. The van der Waals surface area contributed by atoms with Crippen LogP contribution in [0.3, 0.4) is 0 Å². The third-order valence-electron chi connectivity index (χ3n) is 2.40. The van der Waals surface area contributed by atoms with Gasteiger partial charge in [0.05, 0.1) is 5.69 Å². The molecule has 19 heavy (non-hydrogen) atoms. The summed E-state index contributed by atoms with van der Waals surface area (Å²) in [5.74, 6) is -1.49. The lowest BCUT2D eigenvalue weighted by molar-refractivity contribution is 0.0703. The van der Waals surface area contributed by atoms with Crippen molar-refractivity contribution >= 4 is 40.5 Å². The van der Waals surface area contributed by atoms with Crippen LogP contribution in [0.15, 0.2) is 23.7 Å². The molecule has 98 valence electrons. The number of nitrogens with zero attached hydrogens (tertiary/aromatic N) is 1. The molecule has 0 spiro atoms. The highest BCUT2D eigenvalue weighted by molar-refractivity contribution is 7.12. The highest BCUT2D eigenvalue weighted by atomic mass is 35.5. The van der Waals surface area contributed by atoms with E-state index in [-0.39, 0.29) is 10.0 Å². The van der Waals surface area contributed by atoms with Gasteiger partial charge in [0.2, 0.25) is 0 Å². The molecular formula is C12H9ClN2O3S. The third kappa shape index (κ3) is 2.91. The highest BCUT2D eigenvalue weighted by Crippen LogP contribution is 2.28. The first-order valence-corrected chi connectivity index (χ1v) is 6.49. The molecule has 2 heterocycles. The summed E-state index contributed by atoms with van der Waals surface area (Å²) in [7, 11) is 0. The predicted molar refractivity (Wildman–Crippen MR) is 73.2 cm³/mol. The van der Waals surface area contributed by atoms with Gasteiger partial charge in [-0.25, -0.2) is 9.78 Å². The van der Waals surface area contributed by atoms with Gasteiger partial charge in [0, 0.05) is 11.8 Å². The van der Waals surface area contributed by atoms with E-state index in [2.05, 4.69) is 10.3 Å². The molecule has 0 fully saturated rings. The molecule has 2 rings (SSSR count). The Bertz CT molecular complexity index is 654. The number of hydrogen-bond donors (Lipinski definition) is 2. The standard InChI is InChI=1S/C12H9ClN2O3S/c1-6-5-19-10(12(17)18)9(6)15-11(16)7-2-3-14-8(13)4-7/h2-5H,1H3,(H,15,16)(H,17,18). The fourth-order valence-corrected chi connectivity index (χ4v) is 2.50. The van der Waals surface area contributed by atoms with E-state index in [4.69, 9.17) is 16.7 Å². The quantitative estimate of drug-likeness (QED) is 0.853. The number of aromatic carboxylic acids is 1. The molecule has 0 saturated carbocycles. The maximum absolute atomic E-state index is 12.0. The van der Waals surface area contributed by atoms with Crippen LogP contribution in [-0.4, -0.2) is 22.0 Å². The molecule has 0 aliphatic carbocycles. The summed E-state index contributed by atoms with van der Waals surface area (Å²) in [6.45, 7) is 1.73. The van der Waals surface area contributed by atoms with E-state index >= 15 is 0 Å². The Balaban J connectivity index is 2.29. The molecule has 2 aromatic heterocycles. The molecule has 7 heteroatoms. The van der Waals surface area contributed by atoms with Crippen molar-refractivity contribution < 1.29 is 14.7 Å². The first-order valence-electron chi connectivity index (χ1n) is 5.23. The predicted octanol–water partition coefficient (Wildman–Crippen LogP) is 3.06. The summed E-state index contributed by atoms with van der Waals surface area (Å²) in [6.07, 6.45) is 1.41. The number of halogens is 1. The lowest BCUT2D eigenvalue weighted by Crippen LogP contribution is -2.14. The number of anilines is 1. The number of rotatable bonds is 3. The molecule has 2 aromatic rings. The van der Waals surface area contributed by atoms with Crippen LogP contribution in [0.2, 0.25) is 5.15 Å². The zero-order chi connectivity index (χ0) is 14.0. The maximum atomic E-state index is 12.0. The molecule has 0 atom stereocenters. The van der Waals surface area contributed by atoms with Gasteiger partial charge in [-0.1, -0.05) is 11.6 Å². The Morgan fingerprint density at radius 3 is 2.84 bits per heavy atom. The van der Waals surface area contributed by atoms with E-state index < -0.39 is 11.9 Å². The number of carboxylic acids is 1. The van der Waals surface area contributed by atoms with Gasteiger partial charge in [0.1, 0.15) is 10.0 Å². The molecule has 0 saturated heterocycles. The van der Waals surface area contributed by atoms with E-state index in [0.717, 1.165) is 11.3 Å². The molecule has 5 nitrogen and oxygen atoms in total. The van der Waals surface area contributed by atoms with Gasteiger partial charge < -0.3 is 10.4 Å². The molecule has 1 amide bonds. The molecular weight excluding hydrogens is 288 g/mol. The molecule has 2 N–H and O–H groups in total. The number of pyridine rings is 1. The average Bonchev–Trinajstić information content (AvgIpc) is 2.71. The van der Waals surface area contributed by atoms with Crippen LogP contribution in [0.5, 0.6) is 0 Å². The van der Waals surface area contributed by atoms with Crippen LogP contribution in [0.4, 0.5) is 5.69 Å². The van der Waals surface area contributed by atoms with Crippen molar-refractivity contribution in [2.45, 2.75) is 6.92 Å². The second kappa shape index (κ2) is 5.38.